The van der Waals surface area contributed by atoms with E-state index in [2.05, 4.69) is 5.32 Å². The fraction of sp³-hybridized carbons (Fsp3) is 0.615. The van der Waals surface area contributed by atoms with Gasteiger partial charge >= 0.3 is 0 Å². The quantitative estimate of drug-likeness (QED) is 0.895. The van der Waals surface area contributed by atoms with Gasteiger partial charge in [0.2, 0.25) is 5.91 Å². The van der Waals surface area contributed by atoms with Gasteiger partial charge in [0.15, 0.2) is 0 Å². The van der Waals surface area contributed by atoms with E-state index in [9.17, 15) is 4.79 Å². The summed E-state index contributed by atoms with van der Waals surface area (Å²) in [4.78, 5) is 13.2. The monoisotopic (exact) mass is 253 g/mol. The van der Waals surface area contributed by atoms with Crippen LogP contribution in [0.1, 0.15) is 30.6 Å². The first-order valence-corrected chi connectivity index (χ1v) is 7.00. The van der Waals surface area contributed by atoms with Crippen LogP contribution in [0.5, 0.6) is 0 Å². The lowest BCUT2D eigenvalue weighted by Crippen LogP contribution is -2.34. The zero-order valence-electron chi connectivity index (χ0n) is 10.1. The van der Waals surface area contributed by atoms with E-state index < -0.39 is 0 Å². The highest BCUT2D eigenvalue weighted by molar-refractivity contribution is 7.09. The van der Waals surface area contributed by atoms with Gasteiger partial charge in [-0.05, 0) is 37.1 Å². The Balaban J connectivity index is 1.73. The third kappa shape index (κ3) is 3.54. The van der Waals surface area contributed by atoms with Crippen LogP contribution in [-0.4, -0.2) is 19.1 Å². The van der Waals surface area contributed by atoms with Crippen LogP contribution in [0.25, 0.3) is 0 Å². The summed E-state index contributed by atoms with van der Waals surface area (Å²) >= 11 is 1.68. The third-order valence-electron chi connectivity index (χ3n) is 3.40. The summed E-state index contributed by atoms with van der Waals surface area (Å²) in [5, 5.41) is 5.05. The summed E-state index contributed by atoms with van der Waals surface area (Å²) in [6.07, 6.45) is 4.28. The van der Waals surface area contributed by atoms with Crippen LogP contribution in [0.3, 0.4) is 0 Å². The average molecular weight is 253 g/mol. The molecule has 1 amide bonds. The molecule has 0 spiro atoms. The van der Waals surface area contributed by atoms with Crippen molar-refractivity contribution in [2.75, 3.05) is 7.11 Å². The summed E-state index contributed by atoms with van der Waals surface area (Å²) in [6.45, 7) is 0.667. The van der Waals surface area contributed by atoms with Gasteiger partial charge in [-0.1, -0.05) is 6.07 Å². The lowest BCUT2D eigenvalue weighted by atomic mass is 9.87. The minimum absolute atomic E-state index is 0.182. The molecule has 94 valence electrons. The number of amides is 1. The van der Waals surface area contributed by atoms with E-state index in [0.717, 1.165) is 25.7 Å². The SMILES string of the molecule is COC1CCC(C(=O)NCc2cccs2)CC1. The van der Waals surface area contributed by atoms with Crippen molar-refractivity contribution in [2.24, 2.45) is 5.92 Å². The first kappa shape index (κ1) is 12.6. The molecule has 2 rings (SSSR count). The van der Waals surface area contributed by atoms with Crippen LogP contribution in [0.4, 0.5) is 0 Å². The number of rotatable bonds is 4. The molecular weight excluding hydrogens is 234 g/mol. The van der Waals surface area contributed by atoms with E-state index in [1.165, 1.54) is 4.88 Å². The maximum absolute atomic E-state index is 11.9. The molecule has 0 radical (unpaired) electrons. The molecule has 0 aliphatic heterocycles. The number of hydrogen-bond donors (Lipinski definition) is 1. The van der Waals surface area contributed by atoms with Gasteiger partial charge in [-0.2, -0.15) is 0 Å². The van der Waals surface area contributed by atoms with Gasteiger partial charge in [-0.25, -0.2) is 0 Å². The highest BCUT2D eigenvalue weighted by atomic mass is 32.1. The summed E-state index contributed by atoms with van der Waals surface area (Å²) in [5.41, 5.74) is 0. The largest absolute Gasteiger partial charge is 0.381 e. The van der Waals surface area contributed by atoms with Crippen LogP contribution in [0.15, 0.2) is 17.5 Å². The molecule has 0 atom stereocenters. The van der Waals surface area contributed by atoms with Crippen molar-refractivity contribution in [3.05, 3.63) is 22.4 Å². The van der Waals surface area contributed by atoms with Crippen molar-refractivity contribution in [1.82, 2.24) is 5.32 Å². The third-order valence-corrected chi connectivity index (χ3v) is 4.27. The Morgan fingerprint density at radius 3 is 2.82 bits per heavy atom. The molecule has 1 N–H and O–H groups in total. The van der Waals surface area contributed by atoms with E-state index in [-0.39, 0.29) is 11.8 Å². The molecule has 0 saturated heterocycles. The van der Waals surface area contributed by atoms with Crippen molar-refractivity contribution in [3.63, 3.8) is 0 Å². The molecular formula is C13H19NO2S. The molecule has 1 aliphatic rings. The number of carbonyl (C=O) groups excluding carboxylic acids is 1. The highest BCUT2D eigenvalue weighted by Gasteiger charge is 2.25. The van der Waals surface area contributed by atoms with Crippen molar-refractivity contribution in [2.45, 2.75) is 38.3 Å². The molecule has 1 saturated carbocycles. The second-order valence-electron chi connectivity index (χ2n) is 4.51. The molecule has 1 aliphatic carbocycles. The number of nitrogens with one attached hydrogen (secondary N) is 1. The molecule has 4 heteroatoms. The molecule has 0 bridgehead atoms. The highest BCUT2D eigenvalue weighted by Crippen LogP contribution is 2.26. The minimum Gasteiger partial charge on any atom is -0.381 e. The van der Waals surface area contributed by atoms with Crippen molar-refractivity contribution >= 4 is 17.2 Å². The van der Waals surface area contributed by atoms with E-state index in [1.807, 2.05) is 17.5 Å². The fourth-order valence-electron chi connectivity index (χ4n) is 2.29. The van der Waals surface area contributed by atoms with Crippen molar-refractivity contribution in [1.29, 1.82) is 0 Å². The molecule has 17 heavy (non-hydrogen) atoms. The van der Waals surface area contributed by atoms with E-state index in [4.69, 9.17) is 4.74 Å². The molecule has 0 unspecified atom stereocenters. The second kappa shape index (κ2) is 6.17. The predicted molar refractivity (Wildman–Crippen MR) is 68.9 cm³/mol. The Morgan fingerprint density at radius 1 is 1.47 bits per heavy atom. The first-order chi connectivity index (χ1) is 8.29. The molecule has 1 fully saturated rings. The number of ether oxygens (including phenoxy) is 1. The Bertz CT molecular complexity index is 342. The Kier molecular flexibility index (Phi) is 4.57. The molecule has 1 aromatic rings. The smallest absolute Gasteiger partial charge is 0.223 e. The topological polar surface area (TPSA) is 38.3 Å². The summed E-state index contributed by atoms with van der Waals surface area (Å²) in [5.74, 6) is 0.384. The van der Waals surface area contributed by atoms with E-state index in [1.54, 1.807) is 18.4 Å². The fourth-order valence-corrected chi connectivity index (χ4v) is 2.94. The maximum atomic E-state index is 11.9. The van der Waals surface area contributed by atoms with Gasteiger partial charge in [0, 0.05) is 17.9 Å². The summed E-state index contributed by atoms with van der Waals surface area (Å²) in [6, 6.07) is 4.06. The van der Waals surface area contributed by atoms with Gasteiger partial charge in [-0.15, -0.1) is 11.3 Å². The van der Waals surface area contributed by atoms with Gasteiger partial charge in [-0.3, -0.25) is 4.79 Å². The Labute approximate surface area is 106 Å². The van der Waals surface area contributed by atoms with Crippen LogP contribution in [0.2, 0.25) is 0 Å². The zero-order valence-corrected chi connectivity index (χ0v) is 11.0. The van der Waals surface area contributed by atoms with Crippen molar-refractivity contribution in [3.8, 4) is 0 Å². The van der Waals surface area contributed by atoms with Crippen LogP contribution < -0.4 is 5.32 Å². The predicted octanol–water partition coefficient (Wildman–Crippen LogP) is 2.57. The van der Waals surface area contributed by atoms with Crippen LogP contribution >= 0.6 is 11.3 Å². The first-order valence-electron chi connectivity index (χ1n) is 6.12. The second-order valence-corrected chi connectivity index (χ2v) is 5.54. The van der Waals surface area contributed by atoms with E-state index >= 15 is 0 Å². The minimum atomic E-state index is 0.182. The summed E-state index contributed by atoms with van der Waals surface area (Å²) in [7, 11) is 1.75. The van der Waals surface area contributed by atoms with Crippen molar-refractivity contribution < 1.29 is 9.53 Å². The van der Waals surface area contributed by atoms with Gasteiger partial charge in [0.25, 0.3) is 0 Å². The number of carbonyl (C=O) groups is 1. The number of methoxy groups -OCH3 is 1. The normalized spacial score (nSPS) is 24.5. The summed E-state index contributed by atoms with van der Waals surface area (Å²) < 4.78 is 5.31. The lowest BCUT2D eigenvalue weighted by molar-refractivity contribution is -0.126. The molecule has 1 aromatic heterocycles. The van der Waals surface area contributed by atoms with Crippen LogP contribution in [-0.2, 0) is 16.1 Å². The average Bonchev–Trinajstić information content (AvgIpc) is 2.89. The lowest BCUT2D eigenvalue weighted by Gasteiger charge is -2.26. The Morgan fingerprint density at radius 2 is 2.24 bits per heavy atom. The van der Waals surface area contributed by atoms with Gasteiger partial charge in [0.1, 0.15) is 0 Å². The molecule has 0 aromatic carbocycles. The Hall–Kier alpha value is -0.870. The van der Waals surface area contributed by atoms with Gasteiger partial charge in [0.05, 0.1) is 12.6 Å². The number of hydrogen-bond acceptors (Lipinski definition) is 3. The molecule has 1 heterocycles. The van der Waals surface area contributed by atoms with Gasteiger partial charge < -0.3 is 10.1 Å². The number of thiophene rings is 1. The standard InChI is InChI=1S/C13H19NO2S/c1-16-11-6-4-10(5-7-11)13(15)14-9-12-3-2-8-17-12/h2-3,8,10-11H,4-7,9H2,1H3,(H,14,15). The molecule has 3 nitrogen and oxygen atoms in total. The van der Waals surface area contributed by atoms with Crippen LogP contribution in [0, 0.1) is 5.92 Å². The zero-order chi connectivity index (χ0) is 12.1. The van der Waals surface area contributed by atoms with E-state index in [0.29, 0.717) is 12.6 Å². The maximum Gasteiger partial charge on any atom is 0.223 e.